The van der Waals surface area contributed by atoms with Gasteiger partial charge in [-0.1, -0.05) is 55.5 Å². The summed E-state index contributed by atoms with van der Waals surface area (Å²) in [4.78, 5) is 39.7. The summed E-state index contributed by atoms with van der Waals surface area (Å²) in [6.07, 6.45) is 0.905. The number of aromatic nitrogens is 1. The Hall–Kier alpha value is -4.20. The van der Waals surface area contributed by atoms with Crippen molar-refractivity contribution in [3.8, 4) is 11.1 Å². The van der Waals surface area contributed by atoms with Gasteiger partial charge in [-0.15, -0.1) is 0 Å². The highest BCUT2D eigenvalue weighted by molar-refractivity contribution is 5.94. The number of nitrogens with one attached hydrogen (secondary N) is 2. The van der Waals surface area contributed by atoms with Crippen LogP contribution in [0.4, 0.5) is 4.79 Å². The number of benzene rings is 2. The van der Waals surface area contributed by atoms with E-state index in [-0.39, 0.29) is 43.9 Å². The quantitative estimate of drug-likeness (QED) is 0.433. The van der Waals surface area contributed by atoms with Crippen LogP contribution in [0.25, 0.3) is 11.1 Å². The zero-order chi connectivity index (χ0) is 24.8. The van der Waals surface area contributed by atoms with Crippen LogP contribution in [-0.4, -0.2) is 41.2 Å². The fourth-order valence-electron chi connectivity index (χ4n) is 4.27. The summed E-state index contributed by atoms with van der Waals surface area (Å²) in [5.41, 5.74) is 5.48. The minimum absolute atomic E-state index is 0.0219. The van der Waals surface area contributed by atoms with Gasteiger partial charge in [0.1, 0.15) is 6.61 Å². The van der Waals surface area contributed by atoms with Crippen molar-refractivity contribution in [1.82, 2.24) is 15.6 Å². The first kappa shape index (κ1) is 23.9. The molecule has 0 radical (unpaired) electrons. The van der Waals surface area contributed by atoms with E-state index in [9.17, 15) is 14.4 Å². The Morgan fingerprint density at radius 3 is 2.31 bits per heavy atom. The van der Waals surface area contributed by atoms with Gasteiger partial charge in [-0.25, -0.2) is 4.79 Å². The van der Waals surface area contributed by atoms with Gasteiger partial charge in [0.05, 0.1) is 12.2 Å². The fraction of sp³-hybridized carbons (Fsp3) is 0.259. The van der Waals surface area contributed by atoms with Crippen LogP contribution in [0.15, 0.2) is 66.9 Å². The highest BCUT2D eigenvalue weighted by Gasteiger charge is 2.29. The third-order valence-electron chi connectivity index (χ3n) is 5.97. The van der Waals surface area contributed by atoms with Crippen LogP contribution in [-0.2, 0) is 16.1 Å². The van der Waals surface area contributed by atoms with Crippen LogP contribution in [0.2, 0.25) is 0 Å². The molecule has 3 N–H and O–H groups in total. The van der Waals surface area contributed by atoms with Crippen molar-refractivity contribution in [2.45, 2.75) is 25.8 Å². The third kappa shape index (κ3) is 5.84. The molecule has 1 heterocycles. The Balaban J connectivity index is 1.30. The first-order valence-corrected chi connectivity index (χ1v) is 11.5. The van der Waals surface area contributed by atoms with Crippen molar-refractivity contribution in [2.24, 2.45) is 5.92 Å². The molecule has 0 saturated carbocycles. The zero-order valence-electron chi connectivity index (χ0n) is 19.4. The maximum absolute atomic E-state index is 12.4. The predicted octanol–water partition coefficient (Wildman–Crippen LogP) is 3.96. The lowest BCUT2D eigenvalue weighted by molar-refractivity contribution is -0.137. The van der Waals surface area contributed by atoms with Crippen LogP contribution in [0.5, 0.6) is 0 Å². The van der Waals surface area contributed by atoms with Crippen molar-refractivity contribution in [1.29, 1.82) is 0 Å². The van der Waals surface area contributed by atoms with Crippen molar-refractivity contribution in [2.75, 3.05) is 13.2 Å². The Morgan fingerprint density at radius 1 is 1.00 bits per heavy atom. The standard InChI is InChI=1S/C27H27N3O5/c1-17(12-25(31)32)14-29-26(33)18-10-11-28-19(13-18)15-30-27(34)35-16-24-22-8-4-2-6-20(22)21-7-3-5-9-23(21)24/h2-11,13,17,24H,12,14-16H2,1H3,(H,29,33)(H,30,34)(H,31,32). The number of carbonyl (C=O) groups excluding carboxylic acids is 2. The van der Waals surface area contributed by atoms with E-state index in [0.717, 1.165) is 22.3 Å². The van der Waals surface area contributed by atoms with E-state index >= 15 is 0 Å². The number of fused-ring (bicyclic) bond motifs is 3. The molecule has 0 spiro atoms. The molecule has 8 heteroatoms. The molecule has 2 aromatic carbocycles. The number of rotatable bonds is 9. The van der Waals surface area contributed by atoms with E-state index in [0.29, 0.717) is 11.3 Å². The summed E-state index contributed by atoms with van der Waals surface area (Å²) < 4.78 is 5.53. The van der Waals surface area contributed by atoms with E-state index in [4.69, 9.17) is 9.84 Å². The largest absolute Gasteiger partial charge is 0.481 e. The van der Waals surface area contributed by atoms with Crippen LogP contribution >= 0.6 is 0 Å². The highest BCUT2D eigenvalue weighted by Crippen LogP contribution is 2.44. The van der Waals surface area contributed by atoms with E-state index < -0.39 is 12.1 Å². The number of pyridine rings is 1. The number of aliphatic carboxylic acids is 1. The molecule has 0 aliphatic heterocycles. The fourth-order valence-corrected chi connectivity index (χ4v) is 4.27. The lowest BCUT2D eigenvalue weighted by Gasteiger charge is -2.14. The monoisotopic (exact) mass is 473 g/mol. The summed E-state index contributed by atoms with van der Waals surface area (Å²) in [5.74, 6) is -1.45. The number of ether oxygens (including phenoxy) is 1. The second-order valence-electron chi connectivity index (χ2n) is 8.63. The number of nitrogens with zero attached hydrogens (tertiary/aromatic N) is 1. The first-order valence-electron chi connectivity index (χ1n) is 11.5. The van der Waals surface area contributed by atoms with Gasteiger partial charge in [-0.3, -0.25) is 14.6 Å². The van der Waals surface area contributed by atoms with Crippen molar-refractivity contribution < 1.29 is 24.2 Å². The van der Waals surface area contributed by atoms with Crippen molar-refractivity contribution in [3.05, 3.63) is 89.2 Å². The lowest BCUT2D eigenvalue weighted by atomic mass is 9.98. The summed E-state index contributed by atoms with van der Waals surface area (Å²) in [6, 6.07) is 19.4. The molecule has 1 aliphatic carbocycles. The Morgan fingerprint density at radius 2 is 1.66 bits per heavy atom. The second kappa shape index (κ2) is 10.8. The van der Waals surface area contributed by atoms with E-state index in [1.807, 2.05) is 24.3 Å². The van der Waals surface area contributed by atoms with E-state index in [2.05, 4.69) is 39.9 Å². The molecule has 4 rings (SSSR count). The molecule has 0 fully saturated rings. The zero-order valence-corrected chi connectivity index (χ0v) is 19.4. The van der Waals surface area contributed by atoms with Crippen molar-refractivity contribution in [3.63, 3.8) is 0 Å². The molecule has 0 bridgehead atoms. The number of amides is 2. The Labute approximate surface area is 203 Å². The van der Waals surface area contributed by atoms with E-state index in [1.54, 1.807) is 19.1 Å². The summed E-state index contributed by atoms with van der Waals surface area (Å²) in [6.45, 7) is 2.32. The molecule has 2 amide bonds. The van der Waals surface area contributed by atoms with Crippen LogP contribution in [0, 0.1) is 5.92 Å². The van der Waals surface area contributed by atoms with Crippen LogP contribution in [0.3, 0.4) is 0 Å². The summed E-state index contributed by atoms with van der Waals surface area (Å²) in [5, 5.41) is 14.2. The predicted molar refractivity (Wildman–Crippen MR) is 130 cm³/mol. The minimum Gasteiger partial charge on any atom is -0.481 e. The molecule has 0 saturated heterocycles. The van der Waals surface area contributed by atoms with Gasteiger partial charge in [0.2, 0.25) is 0 Å². The third-order valence-corrected chi connectivity index (χ3v) is 5.97. The van der Waals surface area contributed by atoms with Gasteiger partial charge in [-0.05, 0) is 40.3 Å². The van der Waals surface area contributed by atoms with Gasteiger partial charge in [0, 0.05) is 30.6 Å². The number of carboxylic acids is 1. The number of carbonyl (C=O) groups is 3. The molecule has 1 unspecified atom stereocenters. The van der Waals surface area contributed by atoms with Crippen molar-refractivity contribution >= 4 is 18.0 Å². The second-order valence-corrected chi connectivity index (χ2v) is 8.63. The molecule has 8 nitrogen and oxygen atoms in total. The van der Waals surface area contributed by atoms with Crippen LogP contribution in [0.1, 0.15) is 46.4 Å². The smallest absolute Gasteiger partial charge is 0.407 e. The summed E-state index contributed by atoms with van der Waals surface area (Å²) in [7, 11) is 0. The maximum Gasteiger partial charge on any atom is 0.407 e. The SMILES string of the molecule is CC(CNC(=O)c1ccnc(CNC(=O)OCC2c3ccccc3-c3ccccc32)c1)CC(=O)O. The van der Waals surface area contributed by atoms with Gasteiger partial charge >= 0.3 is 12.1 Å². The Kier molecular flexibility index (Phi) is 7.40. The molecule has 180 valence electrons. The average molecular weight is 474 g/mol. The summed E-state index contributed by atoms with van der Waals surface area (Å²) >= 11 is 0. The van der Waals surface area contributed by atoms with E-state index in [1.165, 1.54) is 6.20 Å². The Bertz CT molecular complexity index is 1200. The molecule has 1 atom stereocenters. The normalized spacial score (nSPS) is 12.8. The number of hydrogen-bond acceptors (Lipinski definition) is 5. The van der Waals surface area contributed by atoms with Gasteiger partial charge in [0.15, 0.2) is 0 Å². The molecular formula is C27H27N3O5. The van der Waals surface area contributed by atoms with Gasteiger partial charge in [-0.2, -0.15) is 0 Å². The molecule has 35 heavy (non-hydrogen) atoms. The maximum atomic E-state index is 12.4. The van der Waals surface area contributed by atoms with Gasteiger partial charge < -0.3 is 20.5 Å². The average Bonchev–Trinajstić information content (AvgIpc) is 3.18. The number of hydrogen-bond donors (Lipinski definition) is 3. The molecule has 1 aliphatic rings. The molecular weight excluding hydrogens is 446 g/mol. The van der Waals surface area contributed by atoms with Gasteiger partial charge in [0.25, 0.3) is 5.91 Å². The van der Waals surface area contributed by atoms with Crippen LogP contribution < -0.4 is 10.6 Å². The number of carboxylic acid groups (broad SMARTS) is 1. The topological polar surface area (TPSA) is 118 Å². The molecule has 1 aromatic heterocycles. The highest BCUT2D eigenvalue weighted by atomic mass is 16.5. The minimum atomic E-state index is -0.905. The molecule has 3 aromatic rings. The number of alkyl carbamates (subject to hydrolysis) is 1. The first-order chi connectivity index (χ1) is 16.9. The lowest BCUT2D eigenvalue weighted by Crippen LogP contribution is -2.29.